The topological polar surface area (TPSA) is 97.2 Å². The predicted octanol–water partition coefficient (Wildman–Crippen LogP) is 0.877. The molecule has 100 valence electrons. The summed E-state index contributed by atoms with van der Waals surface area (Å²) in [7, 11) is 0. The van der Waals surface area contributed by atoms with E-state index in [0.29, 0.717) is 23.9 Å². The molecule has 0 radical (unpaired) electrons. The van der Waals surface area contributed by atoms with Gasteiger partial charge in [-0.1, -0.05) is 6.07 Å². The van der Waals surface area contributed by atoms with Crippen LogP contribution in [0.4, 0.5) is 0 Å². The van der Waals surface area contributed by atoms with Crippen molar-refractivity contribution in [3.05, 3.63) is 24.0 Å². The van der Waals surface area contributed by atoms with Gasteiger partial charge in [0.05, 0.1) is 0 Å². The van der Waals surface area contributed by atoms with Crippen molar-refractivity contribution in [1.82, 2.24) is 14.8 Å². The predicted molar refractivity (Wildman–Crippen MR) is 69.7 cm³/mol. The Morgan fingerprint density at radius 2 is 2.00 bits per heavy atom. The van der Waals surface area contributed by atoms with Crippen LogP contribution in [0.2, 0.25) is 0 Å². The number of nitrogens with zero attached hydrogens (tertiary/aromatic N) is 3. The van der Waals surface area contributed by atoms with Gasteiger partial charge < -0.3 is 20.5 Å². The van der Waals surface area contributed by atoms with Crippen LogP contribution in [-0.2, 0) is 13.0 Å². The van der Waals surface area contributed by atoms with E-state index in [1.807, 2.05) is 4.57 Å². The van der Waals surface area contributed by atoms with Gasteiger partial charge in [0.25, 0.3) is 0 Å². The number of phenolic OH excluding ortho intramolecular Hbond substituents is 2. The van der Waals surface area contributed by atoms with Crippen molar-refractivity contribution >= 4 is 0 Å². The van der Waals surface area contributed by atoms with Gasteiger partial charge in [0.1, 0.15) is 22.9 Å². The molecule has 6 heteroatoms. The molecule has 0 spiro atoms. The lowest BCUT2D eigenvalue weighted by atomic mass is 9.99. The van der Waals surface area contributed by atoms with Gasteiger partial charge in [0.15, 0.2) is 5.82 Å². The number of aryl methyl sites for hydroxylation is 1. The lowest BCUT2D eigenvalue weighted by Crippen LogP contribution is -2.26. The molecule has 0 amide bonds. The molecule has 1 aromatic heterocycles. The Bertz CT molecular complexity index is 588. The molecule has 1 unspecified atom stereocenters. The summed E-state index contributed by atoms with van der Waals surface area (Å²) in [6.45, 7) is 1.34. The van der Waals surface area contributed by atoms with Crippen molar-refractivity contribution in [2.75, 3.05) is 6.54 Å². The second-order valence-corrected chi connectivity index (χ2v) is 4.86. The number of phenols is 2. The zero-order chi connectivity index (χ0) is 13.4. The molecule has 0 fully saturated rings. The lowest BCUT2D eigenvalue weighted by Gasteiger charge is -2.23. The van der Waals surface area contributed by atoms with Gasteiger partial charge in [0.2, 0.25) is 0 Å². The minimum atomic E-state index is 0.00470. The number of rotatable bonds is 2. The van der Waals surface area contributed by atoms with Crippen LogP contribution in [0.25, 0.3) is 11.4 Å². The fourth-order valence-corrected chi connectivity index (χ4v) is 2.53. The SMILES string of the molecule is NCC1CCc2nnc(-c3c(O)cccc3O)n2C1. The highest BCUT2D eigenvalue weighted by Crippen LogP contribution is 2.37. The third kappa shape index (κ3) is 1.94. The Hall–Kier alpha value is -2.08. The maximum absolute atomic E-state index is 9.92. The maximum atomic E-state index is 9.92. The van der Waals surface area contributed by atoms with Crippen LogP contribution in [0, 0.1) is 5.92 Å². The van der Waals surface area contributed by atoms with Crippen LogP contribution in [0.3, 0.4) is 0 Å². The molecule has 1 atom stereocenters. The molecule has 0 aliphatic carbocycles. The summed E-state index contributed by atoms with van der Waals surface area (Å²) >= 11 is 0. The number of benzene rings is 1. The Morgan fingerprint density at radius 1 is 1.26 bits per heavy atom. The average Bonchev–Trinajstić information content (AvgIpc) is 2.81. The fourth-order valence-electron chi connectivity index (χ4n) is 2.53. The lowest BCUT2D eigenvalue weighted by molar-refractivity contribution is 0.374. The molecule has 2 heterocycles. The van der Waals surface area contributed by atoms with E-state index in [1.165, 1.54) is 12.1 Å². The van der Waals surface area contributed by atoms with Crippen LogP contribution in [0.15, 0.2) is 18.2 Å². The average molecular weight is 260 g/mol. The van der Waals surface area contributed by atoms with E-state index < -0.39 is 0 Å². The van der Waals surface area contributed by atoms with Crippen LogP contribution in [-0.4, -0.2) is 31.5 Å². The minimum absolute atomic E-state index is 0.00470. The number of aromatic hydroxyl groups is 2. The van der Waals surface area contributed by atoms with Gasteiger partial charge in [-0.3, -0.25) is 0 Å². The third-order valence-electron chi connectivity index (χ3n) is 3.62. The largest absolute Gasteiger partial charge is 0.507 e. The first-order valence-corrected chi connectivity index (χ1v) is 6.34. The maximum Gasteiger partial charge on any atom is 0.171 e. The first-order valence-electron chi connectivity index (χ1n) is 6.34. The first-order chi connectivity index (χ1) is 9.20. The Labute approximate surface area is 110 Å². The Morgan fingerprint density at radius 3 is 2.68 bits per heavy atom. The zero-order valence-electron chi connectivity index (χ0n) is 10.5. The summed E-state index contributed by atoms with van der Waals surface area (Å²) in [5, 5.41) is 28.1. The highest BCUT2D eigenvalue weighted by atomic mass is 16.3. The number of hydrogen-bond acceptors (Lipinski definition) is 5. The molecule has 0 saturated heterocycles. The van der Waals surface area contributed by atoms with Gasteiger partial charge in [-0.2, -0.15) is 0 Å². The smallest absolute Gasteiger partial charge is 0.171 e. The van der Waals surface area contributed by atoms with E-state index in [2.05, 4.69) is 10.2 Å². The van der Waals surface area contributed by atoms with Crippen molar-refractivity contribution in [1.29, 1.82) is 0 Å². The molecule has 0 saturated carbocycles. The quantitative estimate of drug-likeness (QED) is 0.744. The van der Waals surface area contributed by atoms with Crippen molar-refractivity contribution in [2.45, 2.75) is 19.4 Å². The summed E-state index contributed by atoms with van der Waals surface area (Å²) in [5.41, 5.74) is 6.06. The number of fused-ring (bicyclic) bond motifs is 1. The van der Waals surface area contributed by atoms with Crippen molar-refractivity contribution < 1.29 is 10.2 Å². The van der Waals surface area contributed by atoms with Gasteiger partial charge in [-0.05, 0) is 31.0 Å². The van der Waals surface area contributed by atoms with E-state index in [9.17, 15) is 10.2 Å². The van der Waals surface area contributed by atoms with Crippen LogP contribution in [0.5, 0.6) is 11.5 Å². The second kappa shape index (κ2) is 4.55. The molecule has 6 nitrogen and oxygen atoms in total. The molecule has 2 aromatic rings. The van der Waals surface area contributed by atoms with Crippen molar-refractivity contribution in [3.8, 4) is 22.9 Å². The first kappa shape index (κ1) is 12.0. The van der Waals surface area contributed by atoms with E-state index in [0.717, 1.165) is 25.2 Å². The summed E-state index contributed by atoms with van der Waals surface area (Å²) in [5.74, 6) is 1.77. The highest BCUT2D eigenvalue weighted by molar-refractivity contribution is 5.71. The summed E-state index contributed by atoms with van der Waals surface area (Å²) in [4.78, 5) is 0. The van der Waals surface area contributed by atoms with Crippen molar-refractivity contribution in [3.63, 3.8) is 0 Å². The summed E-state index contributed by atoms with van der Waals surface area (Å²) in [6.07, 6.45) is 1.82. The van der Waals surface area contributed by atoms with Crippen LogP contribution in [0.1, 0.15) is 12.2 Å². The van der Waals surface area contributed by atoms with Gasteiger partial charge >= 0.3 is 0 Å². The Kier molecular flexibility index (Phi) is 2.87. The molecule has 4 N–H and O–H groups in total. The van der Waals surface area contributed by atoms with E-state index >= 15 is 0 Å². The molecule has 0 bridgehead atoms. The standard InChI is InChI=1S/C13H16N4O2/c14-6-8-4-5-11-15-16-13(17(11)7-8)12-9(18)2-1-3-10(12)19/h1-3,8,18-19H,4-7,14H2. The zero-order valence-corrected chi connectivity index (χ0v) is 10.5. The molecule has 3 rings (SSSR count). The highest BCUT2D eigenvalue weighted by Gasteiger charge is 2.25. The van der Waals surface area contributed by atoms with E-state index in [-0.39, 0.29) is 11.5 Å². The molecular weight excluding hydrogens is 244 g/mol. The molecule has 1 aromatic carbocycles. The second-order valence-electron chi connectivity index (χ2n) is 4.86. The van der Waals surface area contributed by atoms with Crippen LogP contribution >= 0.6 is 0 Å². The number of aromatic nitrogens is 3. The van der Waals surface area contributed by atoms with Gasteiger partial charge in [-0.25, -0.2) is 0 Å². The number of hydrogen-bond donors (Lipinski definition) is 3. The molecule has 1 aliphatic heterocycles. The van der Waals surface area contributed by atoms with E-state index in [4.69, 9.17) is 5.73 Å². The Balaban J connectivity index is 2.10. The normalized spacial score (nSPS) is 18.3. The van der Waals surface area contributed by atoms with Gasteiger partial charge in [0, 0.05) is 13.0 Å². The summed E-state index contributed by atoms with van der Waals surface area (Å²) in [6, 6.07) is 4.64. The van der Waals surface area contributed by atoms with Gasteiger partial charge in [-0.15, -0.1) is 10.2 Å². The fraction of sp³-hybridized carbons (Fsp3) is 0.385. The van der Waals surface area contributed by atoms with E-state index in [1.54, 1.807) is 6.07 Å². The molecule has 1 aliphatic rings. The van der Waals surface area contributed by atoms with Crippen LogP contribution < -0.4 is 5.73 Å². The minimum Gasteiger partial charge on any atom is -0.507 e. The third-order valence-corrected chi connectivity index (χ3v) is 3.62. The van der Waals surface area contributed by atoms with Crippen molar-refractivity contribution in [2.24, 2.45) is 11.7 Å². The molecule has 19 heavy (non-hydrogen) atoms. The number of nitrogens with two attached hydrogens (primary N) is 1. The monoisotopic (exact) mass is 260 g/mol. The molecular formula is C13H16N4O2. The summed E-state index contributed by atoms with van der Waals surface area (Å²) < 4.78 is 1.94.